The molecular weight excluding hydrogens is 210 g/mol. The van der Waals surface area contributed by atoms with Gasteiger partial charge in [-0.1, -0.05) is 26.0 Å². The molecule has 0 amide bonds. The summed E-state index contributed by atoms with van der Waals surface area (Å²) in [6, 6.07) is 8.41. The van der Waals surface area contributed by atoms with E-state index in [2.05, 4.69) is 59.9 Å². The quantitative estimate of drug-likeness (QED) is 0.872. The van der Waals surface area contributed by atoms with Crippen molar-refractivity contribution in [2.24, 2.45) is 5.92 Å². The average Bonchev–Trinajstić information content (AvgIpc) is 2.74. The van der Waals surface area contributed by atoms with Crippen LogP contribution in [-0.2, 0) is 0 Å². The SMILES string of the molecule is Cc1cccc(-n2ccnc2NCC(C)C)c1. The maximum absolute atomic E-state index is 4.35. The van der Waals surface area contributed by atoms with Crippen LogP contribution in [0.25, 0.3) is 5.69 Å². The number of hydrogen-bond acceptors (Lipinski definition) is 2. The van der Waals surface area contributed by atoms with E-state index in [0.717, 1.165) is 18.2 Å². The molecule has 90 valence electrons. The lowest BCUT2D eigenvalue weighted by Gasteiger charge is -2.11. The first-order valence-corrected chi connectivity index (χ1v) is 6.01. The molecule has 2 rings (SSSR count). The fraction of sp³-hybridized carbons (Fsp3) is 0.357. The van der Waals surface area contributed by atoms with E-state index >= 15 is 0 Å². The van der Waals surface area contributed by atoms with Crippen molar-refractivity contribution in [3.8, 4) is 5.69 Å². The molecule has 3 heteroatoms. The Kier molecular flexibility index (Phi) is 3.47. The fourth-order valence-corrected chi connectivity index (χ4v) is 1.72. The van der Waals surface area contributed by atoms with Gasteiger partial charge in [-0.3, -0.25) is 4.57 Å². The molecule has 1 heterocycles. The Balaban J connectivity index is 2.24. The summed E-state index contributed by atoms with van der Waals surface area (Å²) in [6.45, 7) is 7.41. The van der Waals surface area contributed by atoms with Gasteiger partial charge < -0.3 is 5.32 Å². The third-order valence-electron chi connectivity index (χ3n) is 2.59. The minimum Gasteiger partial charge on any atom is -0.355 e. The highest BCUT2D eigenvalue weighted by Crippen LogP contribution is 2.15. The lowest BCUT2D eigenvalue weighted by molar-refractivity contribution is 0.683. The molecule has 0 saturated carbocycles. The van der Waals surface area contributed by atoms with Gasteiger partial charge in [-0.15, -0.1) is 0 Å². The van der Waals surface area contributed by atoms with E-state index < -0.39 is 0 Å². The number of nitrogens with zero attached hydrogens (tertiary/aromatic N) is 2. The number of benzene rings is 1. The molecule has 0 atom stereocenters. The number of nitrogens with one attached hydrogen (secondary N) is 1. The normalized spacial score (nSPS) is 10.8. The molecule has 0 spiro atoms. The van der Waals surface area contributed by atoms with Crippen LogP contribution in [0.5, 0.6) is 0 Å². The Morgan fingerprint density at radius 1 is 1.35 bits per heavy atom. The van der Waals surface area contributed by atoms with Crippen LogP contribution in [0.3, 0.4) is 0 Å². The molecule has 2 aromatic rings. The Hall–Kier alpha value is -1.77. The second kappa shape index (κ2) is 5.04. The van der Waals surface area contributed by atoms with E-state index in [-0.39, 0.29) is 0 Å². The van der Waals surface area contributed by atoms with Crippen LogP contribution in [0, 0.1) is 12.8 Å². The van der Waals surface area contributed by atoms with E-state index in [9.17, 15) is 0 Å². The predicted octanol–water partition coefficient (Wildman–Crippen LogP) is 3.25. The summed E-state index contributed by atoms with van der Waals surface area (Å²) in [5.74, 6) is 1.52. The van der Waals surface area contributed by atoms with Gasteiger partial charge in [-0.05, 0) is 30.5 Å². The van der Waals surface area contributed by atoms with Crippen LogP contribution in [0.2, 0.25) is 0 Å². The summed E-state index contributed by atoms with van der Waals surface area (Å²) in [7, 11) is 0. The summed E-state index contributed by atoms with van der Waals surface area (Å²) in [4.78, 5) is 4.35. The molecule has 0 fully saturated rings. The van der Waals surface area contributed by atoms with Crippen molar-refractivity contribution in [2.45, 2.75) is 20.8 Å². The zero-order valence-corrected chi connectivity index (χ0v) is 10.6. The zero-order chi connectivity index (χ0) is 12.3. The van der Waals surface area contributed by atoms with Gasteiger partial charge in [0.2, 0.25) is 5.95 Å². The first-order valence-electron chi connectivity index (χ1n) is 6.01. The lowest BCUT2D eigenvalue weighted by Crippen LogP contribution is -2.12. The predicted molar refractivity (Wildman–Crippen MR) is 71.6 cm³/mol. The van der Waals surface area contributed by atoms with Gasteiger partial charge in [0.05, 0.1) is 0 Å². The fourth-order valence-electron chi connectivity index (χ4n) is 1.72. The Labute approximate surface area is 103 Å². The second-order valence-corrected chi connectivity index (χ2v) is 4.73. The van der Waals surface area contributed by atoms with Gasteiger partial charge in [-0.2, -0.15) is 0 Å². The number of rotatable bonds is 4. The summed E-state index contributed by atoms with van der Waals surface area (Å²) >= 11 is 0. The van der Waals surface area contributed by atoms with Gasteiger partial charge in [0, 0.05) is 24.6 Å². The van der Waals surface area contributed by atoms with Gasteiger partial charge >= 0.3 is 0 Å². The third kappa shape index (κ3) is 2.87. The maximum Gasteiger partial charge on any atom is 0.207 e. The number of anilines is 1. The number of aryl methyl sites for hydroxylation is 1. The van der Waals surface area contributed by atoms with Crippen LogP contribution in [0.4, 0.5) is 5.95 Å². The largest absolute Gasteiger partial charge is 0.355 e. The van der Waals surface area contributed by atoms with Crippen molar-refractivity contribution >= 4 is 5.95 Å². The first kappa shape index (κ1) is 11.7. The van der Waals surface area contributed by atoms with Crippen LogP contribution in [0.15, 0.2) is 36.7 Å². The van der Waals surface area contributed by atoms with E-state index in [1.165, 1.54) is 5.56 Å². The monoisotopic (exact) mass is 229 g/mol. The van der Waals surface area contributed by atoms with Crippen molar-refractivity contribution < 1.29 is 0 Å². The Morgan fingerprint density at radius 3 is 2.88 bits per heavy atom. The second-order valence-electron chi connectivity index (χ2n) is 4.73. The van der Waals surface area contributed by atoms with Crippen molar-refractivity contribution in [3.05, 3.63) is 42.2 Å². The van der Waals surface area contributed by atoms with Crippen LogP contribution in [-0.4, -0.2) is 16.1 Å². The highest BCUT2D eigenvalue weighted by Gasteiger charge is 2.04. The highest BCUT2D eigenvalue weighted by molar-refractivity contribution is 5.43. The maximum atomic E-state index is 4.35. The average molecular weight is 229 g/mol. The number of aromatic nitrogens is 2. The van der Waals surface area contributed by atoms with E-state index in [1.54, 1.807) is 0 Å². The molecule has 0 bridgehead atoms. The minimum absolute atomic E-state index is 0.609. The van der Waals surface area contributed by atoms with Gasteiger partial charge in [0.25, 0.3) is 0 Å². The molecule has 0 aliphatic rings. The van der Waals surface area contributed by atoms with E-state index in [4.69, 9.17) is 0 Å². The summed E-state index contributed by atoms with van der Waals surface area (Å²) in [5, 5.41) is 3.36. The van der Waals surface area contributed by atoms with Crippen LogP contribution < -0.4 is 5.32 Å². The highest BCUT2D eigenvalue weighted by atomic mass is 15.2. The first-order chi connectivity index (χ1) is 8.16. The molecule has 1 N–H and O–H groups in total. The van der Waals surface area contributed by atoms with Gasteiger partial charge in [-0.25, -0.2) is 4.98 Å². The molecule has 0 saturated heterocycles. The molecule has 17 heavy (non-hydrogen) atoms. The van der Waals surface area contributed by atoms with Crippen molar-refractivity contribution in [3.63, 3.8) is 0 Å². The van der Waals surface area contributed by atoms with Gasteiger partial charge in [0.1, 0.15) is 0 Å². The van der Waals surface area contributed by atoms with Crippen molar-refractivity contribution in [2.75, 3.05) is 11.9 Å². The summed E-state index contributed by atoms with van der Waals surface area (Å²) in [5.41, 5.74) is 2.40. The Bertz CT molecular complexity index is 486. The van der Waals surface area contributed by atoms with Crippen LogP contribution >= 0.6 is 0 Å². The third-order valence-corrected chi connectivity index (χ3v) is 2.59. The molecule has 0 aliphatic carbocycles. The molecule has 3 nitrogen and oxygen atoms in total. The summed E-state index contributed by atoms with van der Waals surface area (Å²) < 4.78 is 2.08. The van der Waals surface area contributed by atoms with Crippen molar-refractivity contribution in [1.82, 2.24) is 9.55 Å². The standard InChI is InChI=1S/C14H19N3/c1-11(2)10-16-14-15-7-8-17(14)13-6-4-5-12(3)9-13/h4-9,11H,10H2,1-3H3,(H,15,16). The Morgan fingerprint density at radius 2 is 2.18 bits per heavy atom. The minimum atomic E-state index is 0.609. The molecule has 1 aromatic heterocycles. The number of hydrogen-bond donors (Lipinski definition) is 1. The molecule has 0 radical (unpaired) electrons. The van der Waals surface area contributed by atoms with Gasteiger partial charge in [0.15, 0.2) is 0 Å². The van der Waals surface area contributed by atoms with Crippen molar-refractivity contribution in [1.29, 1.82) is 0 Å². The zero-order valence-electron chi connectivity index (χ0n) is 10.6. The molecular formula is C14H19N3. The number of imidazole rings is 1. The molecule has 0 aliphatic heterocycles. The molecule has 1 aromatic carbocycles. The smallest absolute Gasteiger partial charge is 0.207 e. The van der Waals surface area contributed by atoms with Crippen LogP contribution in [0.1, 0.15) is 19.4 Å². The summed E-state index contributed by atoms with van der Waals surface area (Å²) in [6.07, 6.45) is 3.81. The van der Waals surface area contributed by atoms with E-state index in [1.807, 2.05) is 12.4 Å². The van der Waals surface area contributed by atoms with E-state index in [0.29, 0.717) is 5.92 Å². The molecule has 0 unspecified atom stereocenters. The lowest BCUT2D eigenvalue weighted by atomic mass is 10.2. The topological polar surface area (TPSA) is 29.9 Å².